The third-order valence-corrected chi connectivity index (χ3v) is 6.22. The third kappa shape index (κ3) is 6.32. The summed E-state index contributed by atoms with van der Waals surface area (Å²) in [5.74, 6) is -1.04. The van der Waals surface area contributed by atoms with Gasteiger partial charge in [-0.25, -0.2) is 4.39 Å². The standard InChI is InChI=1S/C25H26ClF3N4O2.ClH/c1-25(2,3)33-11-10-20(32-33)17-13-21(31-22(17)14-4-9-18(26)19(27)12-14)23(34)30-15-5-7-16(8-6-15)35-24(28)29;/h4-12,17,21-22,24,31H,13H2,1-3H3,(H,30,34);1H/t17?,21-,22-;/m0./s1. The predicted octanol–water partition coefficient (Wildman–Crippen LogP) is 6.28. The van der Waals surface area contributed by atoms with Crippen LogP contribution in [0.3, 0.4) is 0 Å². The summed E-state index contributed by atoms with van der Waals surface area (Å²) in [6, 6.07) is 11.2. The maximum absolute atomic E-state index is 14.3. The number of rotatable bonds is 6. The molecule has 0 bridgehead atoms. The van der Waals surface area contributed by atoms with Crippen LogP contribution in [0.4, 0.5) is 18.9 Å². The molecule has 1 amide bonds. The second kappa shape index (κ2) is 11.1. The Morgan fingerprint density at radius 3 is 2.47 bits per heavy atom. The van der Waals surface area contributed by atoms with Crippen LogP contribution in [-0.2, 0) is 10.3 Å². The summed E-state index contributed by atoms with van der Waals surface area (Å²) in [5, 5.41) is 10.9. The molecule has 2 N–H and O–H groups in total. The number of carbonyl (C=O) groups excluding carboxylic acids is 1. The van der Waals surface area contributed by atoms with Crippen LogP contribution >= 0.6 is 24.0 Å². The maximum Gasteiger partial charge on any atom is 0.387 e. The molecule has 1 saturated heterocycles. The van der Waals surface area contributed by atoms with Crippen LogP contribution in [0, 0.1) is 5.82 Å². The maximum atomic E-state index is 14.3. The Morgan fingerprint density at radius 2 is 1.89 bits per heavy atom. The van der Waals surface area contributed by atoms with Gasteiger partial charge in [-0.2, -0.15) is 13.9 Å². The summed E-state index contributed by atoms with van der Waals surface area (Å²) < 4.78 is 45.2. The topological polar surface area (TPSA) is 68.2 Å². The first-order chi connectivity index (χ1) is 16.5. The van der Waals surface area contributed by atoms with E-state index in [0.29, 0.717) is 17.7 Å². The van der Waals surface area contributed by atoms with Gasteiger partial charge in [0.05, 0.1) is 22.3 Å². The number of halogens is 5. The van der Waals surface area contributed by atoms with E-state index in [0.717, 1.165) is 5.69 Å². The van der Waals surface area contributed by atoms with E-state index in [-0.39, 0.29) is 46.6 Å². The molecule has 3 atom stereocenters. The quantitative estimate of drug-likeness (QED) is 0.384. The van der Waals surface area contributed by atoms with Gasteiger partial charge in [-0.3, -0.25) is 14.8 Å². The van der Waals surface area contributed by atoms with E-state index in [1.54, 1.807) is 6.07 Å². The van der Waals surface area contributed by atoms with Gasteiger partial charge in [0, 0.05) is 23.8 Å². The molecule has 3 aromatic rings. The SMILES string of the molecule is CC(C)(C)n1ccc(C2C[C@@H](C(=O)Nc3ccc(OC(F)F)cc3)N[C@H]2c2ccc(Cl)c(F)c2)n1.Cl. The Hall–Kier alpha value is -2.75. The Labute approximate surface area is 218 Å². The summed E-state index contributed by atoms with van der Waals surface area (Å²) in [6.07, 6.45) is 2.32. The Bertz CT molecular complexity index is 1200. The van der Waals surface area contributed by atoms with Crippen molar-refractivity contribution < 1.29 is 22.7 Å². The van der Waals surface area contributed by atoms with Gasteiger partial charge < -0.3 is 10.1 Å². The van der Waals surface area contributed by atoms with Gasteiger partial charge in [0.15, 0.2) is 0 Å². The second-order valence-corrected chi connectivity index (χ2v) is 9.87. The lowest BCUT2D eigenvalue weighted by Gasteiger charge is -2.21. The molecule has 1 unspecified atom stereocenters. The molecule has 0 saturated carbocycles. The highest BCUT2D eigenvalue weighted by Gasteiger charge is 2.40. The average Bonchev–Trinajstić information content (AvgIpc) is 3.44. The minimum absolute atomic E-state index is 0. The van der Waals surface area contributed by atoms with Gasteiger partial charge in [-0.1, -0.05) is 17.7 Å². The molecule has 4 rings (SSSR count). The van der Waals surface area contributed by atoms with Gasteiger partial charge in [-0.05, 0) is 75.2 Å². The number of carbonyl (C=O) groups is 1. The summed E-state index contributed by atoms with van der Waals surface area (Å²) in [4.78, 5) is 13.1. The number of anilines is 1. The number of aromatic nitrogens is 2. The summed E-state index contributed by atoms with van der Waals surface area (Å²) >= 11 is 5.88. The monoisotopic (exact) mass is 542 g/mol. The normalized spacial score (nSPS) is 19.7. The zero-order valence-electron chi connectivity index (χ0n) is 19.8. The van der Waals surface area contributed by atoms with Crippen molar-refractivity contribution in [3.63, 3.8) is 0 Å². The van der Waals surface area contributed by atoms with Crippen LogP contribution < -0.4 is 15.4 Å². The highest BCUT2D eigenvalue weighted by Crippen LogP contribution is 2.41. The smallest absolute Gasteiger partial charge is 0.387 e. The minimum atomic E-state index is -2.92. The molecule has 1 aliphatic heterocycles. The van der Waals surface area contributed by atoms with E-state index in [4.69, 9.17) is 16.7 Å². The lowest BCUT2D eigenvalue weighted by atomic mass is 9.90. The number of alkyl halides is 2. The molecular formula is C25H27Cl2F3N4O2. The third-order valence-electron chi connectivity index (χ3n) is 5.92. The first-order valence-electron chi connectivity index (χ1n) is 11.1. The Kier molecular flexibility index (Phi) is 8.59. The molecule has 11 heteroatoms. The number of amides is 1. The van der Waals surface area contributed by atoms with E-state index in [1.165, 1.54) is 36.4 Å². The van der Waals surface area contributed by atoms with Crippen LogP contribution in [0.15, 0.2) is 54.7 Å². The number of nitrogens with zero attached hydrogens (tertiary/aromatic N) is 2. The number of hydrogen-bond donors (Lipinski definition) is 2. The molecule has 36 heavy (non-hydrogen) atoms. The summed E-state index contributed by atoms with van der Waals surface area (Å²) in [6.45, 7) is 3.19. The van der Waals surface area contributed by atoms with Crippen LogP contribution in [0.1, 0.15) is 50.4 Å². The summed E-state index contributed by atoms with van der Waals surface area (Å²) in [5.41, 5.74) is 1.67. The lowest BCUT2D eigenvalue weighted by Crippen LogP contribution is -2.36. The molecule has 1 aliphatic rings. The lowest BCUT2D eigenvalue weighted by molar-refractivity contribution is -0.117. The van der Waals surface area contributed by atoms with E-state index in [2.05, 4.69) is 15.4 Å². The van der Waals surface area contributed by atoms with E-state index >= 15 is 0 Å². The van der Waals surface area contributed by atoms with Gasteiger partial charge in [0.2, 0.25) is 5.91 Å². The van der Waals surface area contributed by atoms with E-state index < -0.39 is 18.5 Å². The molecule has 1 fully saturated rings. The van der Waals surface area contributed by atoms with Crippen molar-refractivity contribution in [3.8, 4) is 5.75 Å². The molecule has 0 spiro atoms. The first-order valence-corrected chi connectivity index (χ1v) is 11.5. The van der Waals surface area contributed by atoms with Crippen LogP contribution in [0.2, 0.25) is 5.02 Å². The van der Waals surface area contributed by atoms with Crippen molar-refractivity contribution in [2.24, 2.45) is 0 Å². The van der Waals surface area contributed by atoms with Crippen molar-refractivity contribution >= 4 is 35.6 Å². The van der Waals surface area contributed by atoms with Crippen LogP contribution in [-0.4, -0.2) is 28.3 Å². The van der Waals surface area contributed by atoms with Gasteiger partial charge >= 0.3 is 6.61 Å². The van der Waals surface area contributed by atoms with Crippen LogP contribution in [0.25, 0.3) is 0 Å². The van der Waals surface area contributed by atoms with E-state index in [9.17, 15) is 18.0 Å². The fourth-order valence-corrected chi connectivity index (χ4v) is 4.28. The van der Waals surface area contributed by atoms with Gasteiger partial charge in [0.25, 0.3) is 0 Å². The molecule has 194 valence electrons. The van der Waals surface area contributed by atoms with Crippen LogP contribution in [0.5, 0.6) is 5.75 Å². The Balaban J connectivity index is 0.00000361. The number of nitrogens with one attached hydrogen (secondary N) is 2. The van der Waals surface area contributed by atoms with Gasteiger partial charge in [-0.15, -0.1) is 12.4 Å². The molecule has 6 nitrogen and oxygen atoms in total. The highest BCUT2D eigenvalue weighted by molar-refractivity contribution is 6.30. The molecule has 1 aromatic heterocycles. The zero-order chi connectivity index (χ0) is 25.3. The molecule has 2 heterocycles. The zero-order valence-corrected chi connectivity index (χ0v) is 21.4. The van der Waals surface area contributed by atoms with Crippen molar-refractivity contribution in [2.75, 3.05) is 5.32 Å². The first kappa shape index (κ1) is 27.8. The fraction of sp³-hybridized carbons (Fsp3) is 0.360. The fourth-order valence-electron chi connectivity index (χ4n) is 4.16. The number of benzene rings is 2. The van der Waals surface area contributed by atoms with Crippen molar-refractivity contribution in [1.82, 2.24) is 15.1 Å². The Morgan fingerprint density at radius 1 is 1.19 bits per heavy atom. The predicted molar refractivity (Wildman–Crippen MR) is 135 cm³/mol. The second-order valence-electron chi connectivity index (χ2n) is 9.46. The molecule has 0 radical (unpaired) electrons. The largest absolute Gasteiger partial charge is 0.435 e. The number of hydrogen-bond acceptors (Lipinski definition) is 4. The summed E-state index contributed by atoms with van der Waals surface area (Å²) in [7, 11) is 0. The molecule has 0 aliphatic carbocycles. The van der Waals surface area contributed by atoms with Crippen molar-refractivity contribution in [3.05, 3.63) is 76.8 Å². The minimum Gasteiger partial charge on any atom is -0.435 e. The number of ether oxygens (including phenoxy) is 1. The van der Waals surface area contributed by atoms with Gasteiger partial charge in [0.1, 0.15) is 11.6 Å². The molecule has 2 aromatic carbocycles. The highest BCUT2D eigenvalue weighted by atomic mass is 35.5. The van der Waals surface area contributed by atoms with Crippen molar-refractivity contribution in [1.29, 1.82) is 0 Å². The molecular weight excluding hydrogens is 516 g/mol. The average molecular weight is 543 g/mol. The van der Waals surface area contributed by atoms with E-state index in [1.807, 2.05) is 37.7 Å². The van der Waals surface area contributed by atoms with Crippen molar-refractivity contribution in [2.45, 2.75) is 57.3 Å².